The monoisotopic (exact) mass is 748 g/mol. The maximum Gasteiger partial charge on any atom is 0.408 e. The molecule has 0 saturated heterocycles. The lowest BCUT2D eigenvalue weighted by Gasteiger charge is -2.32. The Kier molecular flexibility index (Phi) is 14.8. The zero-order valence-corrected chi connectivity index (χ0v) is 31.1. The quantitative estimate of drug-likeness (QED) is 0.156. The summed E-state index contributed by atoms with van der Waals surface area (Å²) in [5, 5.41) is 10.9. The number of amides is 3. The number of nitrogens with zero attached hydrogens (tertiary/aromatic N) is 2. The number of nitrogens with one attached hydrogen (secondary N) is 2. The van der Waals surface area contributed by atoms with Gasteiger partial charge in [-0.2, -0.15) is 0 Å². The first-order chi connectivity index (χ1) is 23.1. The molecule has 0 saturated carbocycles. The van der Waals surface area contributed by atoms with Crippen molar-refractivity contribution in [1.82, 2.24) is 15.8 Å². The smallest absolute Gasteiger partial charge is 0.408 e. The topological polar surface area (TPSA) is 114 Å². The maximum atomic E-state index is 13.6. The van der Waals surface area contributed by atoms with Gasteiger partial charge in [0.25, 0.3) is 5.91 Å². The standard InChI is InChI=1S/C29H34Cl2N4O5.C7H6Cl2/c1-18(2)22(33-26(36)24(19-10-7-6-8-11-19)34-28(38)39-29(3,4)5)17-35(27(37)25(30)31)21-13-9-12-20(16-21)23-14-15-32-40-23;1-5-6(8)3-2-4-7(5)9/h6-16,18,22,24-25H,17H2,1-5H3,(H,33,36)(H,34,38);2-4H,1H3/t22-,24+;/m1./s1. The van der Waals surface area contributed by atoms with Gasteiger partial charge in [-0.25, -0.2) is 4.79 Å². The Labute approximate surface area is 307 Å². The lowest BCUT2D eigenvalue weighted by molar-refractivity contribution is -0.124. The van der Waals surface area contributed by atoms with Crippen LogP contribution in [0.25, 0.3) is 11.3 Å². The molecule has 2 N–H and O–H groups in total. The predicted octanol–water partition coefficient (Wildman–Crippen LogP) is 9.19. The number of alkyl carbamates (subject to hydrolysis) is 1. The molecule has 2 atom stereocenters. The van der Waals surface area contributed by atoms with Gasteiger partial charge in [-0.1, -0.05) is 114 Å². The summed E-state index contributed by atoms with van der Waals surface area (Å²) in [5.41, 5.74) is 1.98. The molecule has 0 aliphatic carbocycles. The van der Waals surface area contributed by atoms with Gasteiger partial charge in [0.05, 0.1) is 6.20 Å². The molecule has 49 heavy (non-hydrogen) atoms. The summed E-state index contributed by atoms with van der Waals surface area (Å²) in [6.07, 6.45) is 0.794. The van der Waals surface area contributed by atoms with Crippen LogP contribution < -0.4 is 15.5 Å². The maximum absolute atomic E-state index is 13.6. The van der Waals surface area contributed by atoms with Crippen molar-refractivity contribution in [3.8, 4) is 11.3 Å². The number of aromatic nitrogens is 1. The molecule has 0 aliphatic heterocycles. The first-order valence-corrected chi connectivity index (χ1v) is 17.1. The van der Waals surface area contributed by atoms with Gasteiger partial charge in [0.1, 0.15) is 11.6 Å². The number of hydrogen-bond acceptors (Lipinski definition) is 6. The van der Waals surface area contributed by atoms with Crippen LogP contribution in [0.3, 0.4) is 0 Å². The highest BCUT2D eigenvalue weighted by Gasteiger charge is 2.31. The van der Waals surface area contributed by atoms with E-state index in [0.29, 0.717) is 22.6 Å². The second-order valence-electron chi connectivity index (χ2n) is 12.4. The number of alkyl halides is 2. The van der Waals surface area contributed by atoms with Gasteiger partial charge < -0.3 is 24.8 Å². The van der Waals surface area contributed by atoms with E-state index in [0.717, 1.165) is 15.6 Å². The summed E-state index contributed by atoms with van der Waals surface area (Å²) in [6, 6.07) is 21.5. The van der Waals surface area contributed by atoms with E-state index < -0.39 is 40.4 Å². The SMILES string of the molecule is CC(C)[C@@H](CN(C(=O)C(Cl)Cl)c1cccc(-c2ccno2)c1)NC(=O)[C@@H](NC(=O)OC(C)(C)C)c1ccccc1.Cc1c(Cl)cccc1Cl. The molecule has 1 aromatic heterocycles. The minimum Gasteiger partial charge on any atom is -0.444 e. The van der Waals surface area contributed by atoms with Gasteiger partial charge in [0.15, 0.2) is 10.6 Å². The number of halogens is 4. The molecule has 9 nitrogen and oxygen atoms in total. The molecule has 4 rings (SSSR count). The normalized spacial score (nSPS) is 12.4. The molecule has 3 amide bonds. The van der Waals surface area contributed by atoms with Crippen LogP contribution in [0, 0.1) is 12.8 Å². The lowest BCUT2D eigenvalue weighted by atomic mass is 10.0. The van der Waals surface area contributed by atoms with Gasteiger partial charge in [-0.05, 0) is 69.0 Å². The first-order valence-electron chi connectivity index (χ1n) is 15.4. The number of anilines is 1. The summed E-state index contributed by atoms with van der Waals surface area (Å²) in [4.78, 5) is 39.5. The number of rotatable bonds is 10. The number of carbonyl (C=O) groups is 3. The van der Waals surface area contributed by atoms with Gasteiger partial charge in [0.2, 0.25) is 5.91 Å². The minimum absolute atomic E-state index is 0.0615. The molecular formula is C36H40Cl4N4O5. The van der Waals surface area contributed by atoms with E-state index in [1.54, 1.807) is 69.3 Å². The van der Waals surface area contributed by atoms with E-state index >= 15 is 0 Å². The van der Waals surface area contributed by atoms with E-state index in [1.807, 2.05) is 51.1 Å². The first kappa shape index (κ1) is 39.7. The summed E-state index contributed by atoms with van der Waals surface area (Å²) >= 11 is 23.5. The summed E-state index contributed by atoms with van der Waals surface area (Å²) in [7, 11) is 0. The van der Waals surface area contributed by atoms with Crippen molar-refractivity contribution in [2.75, 3.05) is 11.4 Å². The van der Waals surface area contributed by atoms with Gasteiger partial charge in [-0.3, -0.25) is 9.59 Å². The molecule has 0 spiro atoms. The Morgan fingerprint density at radius 1 is 0.898 bits per heavy atom. The summed E-state index contributed by atoms with van der Waals surface area (Å²) in [5.74, 6) is -0.606. The number of ether oxygens (including phenoxy) is 1. The lowest BCUT2D eigenvalue weighted by Crippen LogP contribution is -2.52. The van der Waals surface area contributed by atoms with Gasteiger partial charge >= 0.3 is 6.09 Å². The van der Waals surface area contributed by atoms with E-state index in [-0.39, 0.29) is 12.5 Å². The van der Waals surface area contributed by atoms with Crippen LogP contribution in [0.4, 0.5) is 10.5 Å². The van der Waals surface area contributed by atoms with Crippen LogP contribution in [0.15, 0.2) is 89.6 Å². The summed E-state index contributed by atoms with van der Waals surface area (Å²) < 4.78 is 10.6. The highest BCUT2D eigenvalue weighted by molar-refractivity contribution is 6.54. The number of benzene rings is 3. The third-order valence-electron chi connectivity index (χ3n) is 7.10. The Morgan fingerprint density at radius 3 is 2.06 bits per heavy atom. The Morgan fingerprint density at radius 2 is 1.53 bits per heavy atom. The molecule has 3 aromatic carbocycles. The molecule has 0 unspecified atom stereocenters. The van der Waals surface area contributed by atoms with Crippen LogP contribution in [0.5, 0.6) is 0 Å². The molecule has 1 heterocycles. The predicted molar refractivity (Wildman–Crippen MR) is 196 cm³/mol. The fourth-order valence-electron chi connectivity index (χ4n) is 4.47. The zero-order chi connectivity index (χ0) is 36.3. The largest absolute Gasteiger partial charge is 0.444 e. The molecule has 262 valence electrons. The van der Waals surface area contributed by atoms with Crippen molar-refractivity contribution in [3.63, 3.8) is 0 Å². The van der Waals surface area contributed by atoms with E-state index in [1.165, 1.54) is 11.1 Å². The van der Waals surface area contributed by atoms with Crippen molar-refractivity contribution >= 4 is 70.0 Å². The van der Waals surface area contributed by atoms with E-state index in [9.17, 15) is 14.4 Å². The fourth-order valence-corrected chi connectivity index (χ4v) is 5.10. The van der Waals surface area contributed by atoms with Crippen LogP contribution >= 0.6 is 46.4 Å². The van der Waals surface area contributed by atoms with Gasteiger partial charge in [0, 0.05) is 39.9 Å². The second kappa shape index (κ2) is 18.3. The second-order valence-corrected chi connectivity index (χ2v) is 14.3. The average molecular weight is 751 g/mol. The van der Waals surface area contributed by atoms with Crippen LogP contribution in [0.1, 0.15) is 51.8 Å². The van der Waals surface area contributed by atoms with Crippen molar-refractivity contribution in [2.45, 2.75) is 64.1 Å². The van der Waals surface area contributed by atoms with Crippen LogP contribution in [-0.4, -0.2) is 46.1 Å². The third-order valence-corrected chi connectivity index (χ3v) is 8.29. The minimum atomic E-state index is -1.33. The fraction of sp³-hybridized carbons (Fsp3) is 0.333. The van der Waals surface area contributed by atoms with Crippen molar-refractivity contribution < 1.29 is 23.6 Å². The molecule has 4 aromatic rings. The Hall–Kier alpha value is -3.76. The Bertz CT molecular complexity index is 1660. The Balaban J connectivity index is 0.000000624. The number of hydrogen-bond donors (Lipinski definition) is 2. The van der Waals surface area contributed by atoms with Crippen molar-refractivity contribution in [3.05, 3.63) is 106 Å². The van der Waals surface area contributed by atoms with Crippen LogP contribution in [-0.2, 0) is 14.3 Å². The van der Waals surface area contributed by atoms with Crippen LogP contribution in [0.2, 0.25) is 10.0 Å². The molecule has 0 fully saturated rings. The van der Waals surface area contributed by atoms with Gasteiger partial charge in [-0.15, -0.1) is 0 Å². The van der Waals surface area contributed by atoms with Crippen molar-refractivity contribution in [1.29, 1.82) is 0 Å². The highest BCUT2D eigenvalue weighted by Crippen LogP contribution is 2.27. The molecule has 0 bridgehead atoms. The van der Waals surface area contributed by atoms with E-state index in [2.05, 4.69) is 15.8 Å². The highest BCUT2D eigenvalue weighted by atomic mass is 35.5. The van der Waals surface area contributed by atoms with Crippen molar-refractivity contribution in [2.24, 2.45) is 5.92 Å². The average Bonchev–Trinajstić information content (AvgIpc) is 3.59. The molecule has 0 aliphatic rings. The number of carbonyl (C=O) groups excluding carboxylic acids is 3. The zero-order valence-electron chi connectivity index (χ0n) is 28.0. The molecule has 0 radical (unpaired) electrons. The van der Waals surface area contributed by atoms with E-state index in [4.69, 9.17) is 55.7 Å². The molecular weight excluding hydrogens is 710 g/mol. The summed E-state index contributed by atoms with van der Waals surface area (Å²) in [6.45, 7) is 11.0. The third kappa shape index (κ3) is 12.3. The molecule has 13 heteroatoms.